The van der Waals surface area contributed by atoms with Gasteiger partial charge < -0.3 is 4.74 Å². The fourth-order valence-electron chi connectivity index (χ4n) is 3.24. The number of fused-ring (bicyclic) bond motifs is 1. The zero-order chi connectivity index (χ0) is 21.1. The Morgan fingerprint density at radius 2 is 1.48 bits per heavy atom. The third-order valence-corrected chi connectivity index (χ3v) is 5.31. The van der Waals surface area contributed by atoms with Gasteiger partial charge in [0.2, 0.25) is 0 Å². The van der Waals surface area contributed by atoms with E-state index in [1.54, 1.807) is 36.4 Å². The van der Waals surface area contributed by atoms with Gasteiger partial charge in [-0.25, -0.2) is 4.79 Å². The van der Waals surface area contributed by atoms with Crippen molar-refractivity contribution in [1.82, 2.24) is 4.90 Å². The number of benzene rings is 2. The molecule has 0 unspecified atom stereocenters. The molecule has 0 aliphatic carbocycles. The van der Waals surface area contributed by atoms with Crippen molar-refractivity contribution in [3.63, 3.8) is 0 Å². The van der Waals surface area contributed by atoms with Crippen LogP contribution in [-0.2, 0) is 9.53 Å². The van der Waals surface area contributed by atoms with Crippen LogP contribution in [0, 0.1) is 0 Å². The fraction of sp³-hybridized carbons (Fsp3) is 0.304. The lowest BCUT2D eigenvalue weighted by Crippen LogP contribution is -2.44. The van der Waals surface area contributed by atoms with E-state index in [0.29, 0.717) is 11.5 Å². The Balaban J connectivity index is 1.61. The molecule has 3 rings (SSSR count). The number of imide groups is 1. The molecule has 150 valence electrons. The van der Waals surface area contributed by atoms with Crippen LogP contribution in [0.1, 0.15) is 69.7 Å². The van der Waals surface area contributed by atoms with Gasteiger partial charge in [0.15, 0.2) is 12.4 Å². The van der Waals surface area contributed by atoms with Crippen molar-refractivity contribution in [2.45, 2.75) is 39.2 Å². The maximum atomic E-state index is 12.5. The average molecular weight is 393 g/mol. The van der Waals surface area contributed by atoms with E-state index < -0.39 is 30.4 Å². The summed E-state index contributed by atoms with van der Waals surface area (Å²) in [6.45, 7) is 5.17. The van der Waals surface area contributed by atoms with E-state index >= 15 is 0 Å². The minimum Gasteiger partial charge on any atom is -0.456 e. The monoisotopic (exact) mass is 393 g/mol. The predicted molar refractivity (Wildman–Crippen MR) is 107 cm³/mol. The molecule has 1 heterocycles. The van der Waals surface area contributed by atoms with Gasteiger partial charge in [-0.05, 0) is 37.0 Å². The Bertz CT molecular complexity index is 928. The first-order valence-corrected chi connectivity index (χ1v) is 9.61. The number of ketones is 1. The summed E-state index contributed by atoms with van der Waals surface area (Å²) in [6.07, 6.45) is 1.00. The summed E-state index contributed by atoms with van der Waals surface area (Å²) in [7, 11) is 0. The van der Waals surface area contributed by atoms with Crippen LogP contribution in [-0.4, -0.2) is 41.1 Å². The van der Waals surface area contributed by atoms with E-state index in [2.05, 4.69) is 13.8 Å². The van der Waals surface area contributed by atoms with E-state index in [-0.39, 0.29) is 16.9 Å². The number of amides is 2. The lowest BCUT2D eigenvalue weighted by Gasteiger charge is -2.20. The Labute approximate surface area is 169 Å². The molecule has 0 bridgehead atoms. The van der Waals surface area contributed by atoms with Gasteiger partial charge in [0.25, 0.3) is 11.8 Å². The zero-order valence-corrected chi connectivity index (χ0v) is 16.7. The molecule has 1 aliphatic heterocycles. The molecule has 2 atom stereocenters. The molecule has 2 aromatic carbocycles. The van der Waals surface area contributed by atoms with E-state index in [1.807, 2.05) is 12.1 Å². The molecular weight excluding hydrogens is 370 g/mol. The minimum absolute atomic E-state index is 0.259. The summed E-state index contributed by atoms with van der Waals surface area (Å²) in [4.78, 5) is 50.5. The molecule has 0 spiro atoms. The topological polar surface area (TPSA) is 80.8 Å². The van der Waals surface area contributed by atoms with Crippen molar-refractivity contribution >= 4 is 23.6 Å². The van der Waals surface area contributed by atoms with Crippen LogP contribution in [0.4, 0.5) is 0 Å². The number of rotatable bonds is 7. The standard InChI is InChI=1S/C23H23NO5/c1-4-14(2)16-9-11-17(12-10-16)20(25)13-29-23(28)15(3)24-21(26)18-7-5-6-8-19(18)22(24)27/h5-12,14-15H,4,13H2,1-3H3/t14-,15-/m1/s1. The molecule has 6 heteroatoms. The number of nitrogens with zero attached hydrogens (tertiary/aromatic N) is 1. The van der Waals surface area contributed by atoms with Crippen LogP contribution in [0.2, 0.25) is 0 Å². The molecule has 0 saturated heterocycles. The number of hydrogen-bond acceptors (Lipinski definition) is 5. The summed E-state index contributed by atoms with van der Waals surface area (Å²) >= 11 is 0. The lowest BCUT2D eigenvalue weighted by atomic mass is 9.97. The first-order valence-electron chi connectivity index (χ1n) is 9.61. The predicted octanol–water partition coefficient (Wildman–Crippen LogP) is 3.61. The molecule has 2 amide bonds. The molecule has 1 aliphatic rings. The van der Waals surface area contributed by atoms with Crippen LogP contribution < -0.4 is 0 Å². The molecule has 2 aromatic rings. The van der Waals surface area contributed by atoms with Gasteiger partial charge in [-0.2, -0.15) is 0 Å². The number of ether oxygens (including phenoxy) is 1. The lowest BCUT2D eigenvalue weighted by molar-refractivity contribution is -0.146. The Kier molecular flexibility index (Phi) is 5.92. The molecule has 29 heavy (non-hydrogen) atoms. The maximum Gasteiger partial charge on any atom is 0.329 e. The van der Waals surface area contributed by atoms with Crippen molar-refractivity contribution < 1.29 is 23.9 Å². The molecule has 0 radical (unpaired) electrons. The Morgan fingerprint density at radius 3 is 2.00 bits per heavy atom. The van der Waals surface area contributed by atoms with Crippen molar-refractivity contribution in [2.75, 3.05) is 6.61 Å². The molecule has 0 N–H and O–H groups in total. The summed E-state index contributed by atoms with van der Waals surface area (Å²) in [6, 6.07) is 12.5. The molecule has 0 aromatic heterocycles. The smallest absolute Gasteiger partial charge is 0.329 e. The maximum absolute atomic E-state index is 12.5. The normalized spacial score (nSPS) is 15.1. The van der Waals surface area contributed by atoms with Gasteiger partial charge in [-0.15, -0.1) is 0 Å². The Morgan fingerprint density at radius 1 is 0.931 bits per heavy atom. The van der Waals surface area contributed by atoms with E-state index in [4.69, 9.17) is 4.74 Å². The van der Waals surface area contributed by atoms with Crippen LogP contribution in [0.15, 0.2) is 48.5 Å². The zero-order valence-electron chi connectivity index (χ0n) is 16.7. The first kappa shape index (κ1) is 20.5. The summed E-state index contributed by atoms with van der Waals surface area (Å²) in [5.41, 5.74) is 2.10. The number of carbonyl (C=O) groups excluding carboxylic acids is 4. The van der Waals surface area contributed by atoms with Crippen LogP contribution >= 0.6 is 0 Å². The van der Waals surface area contributed by atoms with Gasteiger partial charge in [0.05, 0.1) is 11.1 Å². The highest BCUT2D eigenvalue weighted by Gasteiger charge is 2.41. The van der Waals surface area contributed by atoms with E-state index in [1.165, 1.54) is 6.92 Å². The number of hydrogen-bond donors (Lipinski definition) is 0. The molecule has 0 saturated carbocycles. The summed E-state index contributed by atoms with van der Waals surface area (Å²) in [5.74, 6) is -1.82. The van der Waals surface area contributed by atoms with Gasteiger partial charge in [0.1, 0.15) is 6.04 Å². The SMILES string of the molecule is CC[C@@H](C)c1ccc(C(=O)COC(=O)[C@@H](C)N2C(=O)c3ccccc3C2=O)cc1. The molecule has 0 fully saturated rings. The van der Waals surface area contributed by atoms with Crippen LogP contribution in [0.25, 0.3) is 0 Å². The van der Waals surface area contributed by atoms with Gasteiger partial charge in [0, 0.05) is 5.56 Å². The van der Waals surface area contributed by atoms with Crippen LogP contribution in [0.5, 0.6) is 0 Å². The Hall–Kier alpha value is -3.28. The van der Waals surface area contributed by atoms with Gasteiger partial charge in [-0.3, -0.25) is 19.3 Å². The third-order valence-electron chi connectivity index (χ3n) is 5.31. The summed E-state index contributed by atoms with van der Waals surface area (Å²) in [5, 5.41) is 0. The fourth-order valence-corrected chi connectivity index (χ4v) is 3.24. The van der Waals surface area contributed by atoms with Crippen LogP contribution in [0.3, 0.4) is 0 Å². The number of carbonyl (C=O) groups is 4. The quantitative estimate of drug-likeness (QED) is 0.408. The number of Topliss-reactive ketones (excluding diaryl/α,β-unsaturated/α-hetero) is 1. The van der Waals surface area contributed by atoms with E-state index in [0.717, 1.165) is 16.9 Å². The highest BCUT2D eigenvalue weighted by Crippen LogP contribution is 2.25. The third kappa shape index (κ3) is 3.97. The highest BCUT2D eigenvalue weighted by molar-refractivity contribution is 6.22. The highest BCUT2D eigenvalue weighted by atomic mass is 16.5. The largest absolute Gasteiger partial charge is 0.456 e. The second kappa shape index (κ2) is 8.39. The van der Waals surface area contributed by atoms with Crippen molar-refractivity contribution in [3.05, 3.63) is 70.8 Å². The van der Waals surface area contributed by atoms with Crippen molar-refractivity contribution in [3.8, 4) is 0 Å². The minimum atomic E-state index is -1.12. The second-order valence-electron chi connectivity index (χ2n) is 7.16. The van der Waals surface area contributed by atoms with Gasteiger partial charge in [-0.1, -0.05) is 50.2 Å². The average Bonchev–Trinajstić information content (AvgIpc) is 3.01. The van der Waals surface area contributed by atoms with Gasteiger partial charge >= 0.3 is 5.97 Å². The molecule has 6 nitrogen and oxygen atoms in total. The van der Waals surface area contributed by atoms with E-state index in [9.17, 15) is 19.2 Å². The first-order chi connectivity index (χ1) is 13.8. The second-order valence-corrected chi connectivity index (χ2v) is 7.16. The van der Waals surface area contributed by atoms with Crippen molar-refractivity contribution in [1.29, 1.82) is 0 Å². The van der Waals surface area contributed by atoms with Crippen molar-refractivity contribution in [2.24, 2.45) is 0 Å². The molecular formula is C23H23NO5. The summed E-state index contributed by atoms with van der Waals surface area (Å²) < 4.78 is 5.09. The number of esters is 1.